The molecule has 9 nitrogen and oxygen atoms in total. The van der Waals surface area contributed by atoms with Gasteiger partial charge in [-0.1, -0.05) is 6.07 Å². The molecule has 0 atom stereocenters. The number of aliphatic hydroxyl groups is 1. The van der Waals surface area contributed by atoms with Crippen LogP contribution < -0.4 is 16.4 Å². The van der Waals surface area contributed by atoms with E-state index in [-0.39, 0.29) is 12.4 Å². The first-order chi connectivity index (χ1) is 14.4. The highest BCUT2D eigenvalue weighted by atomic mass is 16.3. The number of hydrogen-bond donors (Lipinski definition) is 5. The van der Waals surface area contributed by atoms with Crippen molar-refractivity contribution in [3.8, 4) is 5.75 Å². The second-order valence-corrected chi connectivity index (χ2v) is 6.81. The Bertz CT molecular complexity index is 1060. The van der Waals surface area contributed by atoms with Crippen molar-refractivity contribution >= 4 is 28.8 Å². The Morgan fingerprint density at radius 1 is 1.27 bits per heavy atom. The predicted molar refractivity (Wildman–Crippen MR) is 119 cm³/mol. The second-order valence-electron chi connectivity index (χ2n) is 6.81. The summed E-state index contributed by atoms with van der Waals surface area (Å²) in [5.41, 5.74) is 9.99. The molecule has 0 aliphatic rings. The molecule has 6 N–H and O–H groups in total. The van der Waals surface area contributed by atoms with E-state index in [1.54, 1.807) is 42.2 Å². The molecule has 3 rings (SSSR count). The third kappa shape index (κ3) is 4.52. The number of hydrogen-bond acceptors (Lipinski definition) is 7. The highest BCUT2D eigenvalue weighted by molar-refractivity contribution is 6.04. The largest absolute Gasteiger partial charge is 0.508 e. The van der Waals surface area contributed by atoms with E-state index in [1.807, 2.05) is 19.9 Å². The molecule has 0 radical (unpaired) electrons. The number of aromatic hydroxyl groups is 1. The van der Waals surface area contributed by atoms with Crippen molar-refractivity contribution in [3.05, 3.63) is 53.3 Å². The van der Waals surface area contributed by atoms with Gasteiger partial charge in [0.2, 0.25) is 0 Å². The van der Waals surface area contributed by atoms with Crippen LogP contribution in [0.2, 0.25) is 0 Å². The first-order valence-corrected chi connectivity index (χ1v) is 9.71. The maximum atomic E-state index is 10.0. The van der Waals surface area contributed by atoms with Crippen molar-refractivity contribution in [1.29, 1.82) is 0 Å². The molecular formula is C21H27N7O2. The first-order valence-electron chi connectivity index (χ1n) is 9.71. The van der Waals surface area contributed by atoms with Crippen molar-refractivity contribution in [3.63, 3.8) is 0 Å². The molecular weight excluding hydrogens is 382 g/mol. The van der Waals surface area contributed by atoms with Gasteiger partial charge in [-0.2, -0.15) is 5.10 Å². The van der Waals surface area contributed by atoms with Crippen LogP contribution in [0.15, 0.2) is 41.7 Å². The average Bonchev–Trinajstić information content (AvgIpc) is 3.15. The molecule has 0 saturated carbocycles. The molecule has 0 aliphatic carbocycles. The Morgan fingerprint density at radius 3 is 2.80 bits per heavy atom. The molecule has 0 unspecified atom stereocenters. The Kier molecular flexibility index (Phi) is 6.53. The fourth-order valence-corrected chi connectivity index (χ4v) is 3.09. The first kappa shape index (κ1) is 21.1. The highest BCUT2D eigenvalue weighted by Gasteiger charge is 2.13. The van der Waals surface area contributed by atoms with Crippen LogP contribution in [0.1, 0.15) is 23.6 Å². The number of aryl methyl sites for hydroxylation is 1. The van der Waals surface area contributed by atoms with E-state index in [0.29, 0.717) is 41.6 Å². The zero-order chi connectivity index (χ0) is 21.7. The van der Waals surface area contributed by atoms with Crippen LogP contribution in [0.4, 0.5) is 23.0 Å². The minimum absolute atomic E-state index is 0.00770. The van der Waals surface area contributed by atoms with E-state index in [1.165, 1.54) is 0 Å². The van der Waals surface area contributed by atoms with Crippen molar-refractivity contribution in [2.75, 3.05) is 23.8 Å². The average molecular weight is 409 g/mol. The number of phenols is 1. The molecule has 0 aliphatic heterocycles. The number of phenolic OH excluding ortho intramolecular Hbond substituents is 1. The number of aliphatic imine (C=N–C) groups is 1. The number of nitrogens with one attached hydrogen (secondary N) is 2. The number of rotatable bonds is 8. The van der Waals surface area contributed by atoms with Crippen molar-refractivity contribution in [2.45, 2.75) is 27.3 Å². The number of amidine groups is 1. The minimum Gasteiger partial charge on any atom is -0.508 e. The molecule has 0 saturated heterocycles. The fourth-order valence-electron chi connectivity index (χ4n) is 3.09. The Balaban J connectivity index is 1.95. The van der Waals surface area contributed by atoms with Crippen molar-refractivity contribution in [1.82, 2.24) is 14.8 Å². The molecule has 0 amide bonds. The maximum absolute atomic E-state index is 10.0. The van der Waals surface area contributed by atoms with Gasteiger partial charge in [0.05, 0.1) is 36.3 Å². The number of nitrogens with zero attached hydrogens (tertiary/aromatic N) is 4. The Morgan fingerprint density at radius 2 is 2.07 bits per heavy atom. The third-order valence-corrected chi connectivity index (χ3v) is 4.67. The maximum Gasteiger partial charge on any atom is 0.135 e. The van der Waals surface area contributed by atoms with Gasteiger partial charge in [-0.05, 0) is 32.4 Å². The predicted octanol–water partition coefficient (Wildman–Crippen LogP) is 2.81. The summed E-state index contributed by atoms with van der Waals surface area (Å²) in [7, 11) is 0. The molecule has 0 bridgehead atoms. The lowest BCUT2D eigenvalue weighted by Crippen LogP contribution is -2.17. The van der Waals surface area contributed by atoms with E-state index < -0.39 is 0 Å². The van der Waals surface area contributed by atoms with E-state index in [4.69, 9.17) is 10.8 Å². The quantitative estimate of drug-likeness (QED) is 0.285. The molecule has 2 aromatic heterocycles. The summed E-state index contributed by atoms with van der Waals surface area (Å²) < 4.78 is 1.66. The topological polar surface area (TPSA) is 134 Å². The van der Waals surface area contributed by atoms with Gasteiger partial charge in [-0.25, -0.2) is 14.7 Å². The molecule has 1 aromatic carbocycles. The van der Waals surface area contributed by atoms with Gasteiger partial charge < -0.3 is 26.6 Å². The van der Waals surface area contributed by atoms with Crippen LogP contribution in [-0.4, -0.2) is 44.0 Å². The van der Waals surface area contributed by atoms with E-state index in [9.17, 15) is 5.11 Å². The molecule has 9 heteroatoms. The summed E-state index contributed by atoms with van der Waals surface area (Å²) >= 11 is 0. The molecule has 3 aromatic rings. The number of nitrogens with two attached hydrogens (primary N) is 1. The Hall–Kier alpha value is -3.59. The lowest BCUT2D eigenvalue weighted by atomic mass is 10.1. The van der Waals surface area contributed by atoms with Crippen molar-refractivity contribution < 1.29 is 10.2 Å². The van der Waals surface area contributed by atoms with Crippen LogP contribution in [0.5, 0.6) is 5.75 Å². The number of anilines is 3. The van der Waals surface area contributed by atoms with Gasteiger partial charge in [0.15, 0.2) is 0 Å². The number of benzene rings is 1. The second kappa shape index (κ2) is 9.27. The number of aromatic nitrogens is 3. The standard InChI is InChI=1S/C21H27N7O2/c1-4-23-16-11-18(26-19-7-8-25-28(19)9-10-29)24-12-15(16)21(22)27-20-13(2)5-6-17(30)14(20)3/h5-8,11-12,29-30H,4,9-10H2,1-3H3,(H2,22,27)(H2,23,24,26). The fraction of sp³-hybridized carbons (Fsp3) is 0.286. The Labute approximate surface area is 175 Å². The summed E-state index contributed by atoms with van der Waals surface area (Å²) in [4.78, 5) is 9.03. The summed E-state index contributed by atoms with van der Waals surface area (Å²) in [6, 6.07) is 7.11. The number of aliphatic hydroxyl groups excluding tert-OH is 1. The zero-order valence-electron chi connectivity index (χ0n) is 17.3. The van der Waals surface area contributed by atoms with Gasteiger partial charge in [-0.15, -0.1) is 0 Å². The smallest absolute Gasteiger partial charge is 0.135 e. The molecule has 2 heterocycles. The van der Waals surface area contributed by atoms with Crippen LogP contribution in [0.3, 0.4) is 0 Å². The summed E-state index contributed by atoms with van der Waals surface area (Å²) in [6.07, 6.45) is 3.31. The van der Waals surface area contributed by atoms with Crippen LogP contribution in [0, 0.1) is 13.8 Å². The van der Waals surface area contributed by atoms with Gasteiger partial charge in [0, 0.05) is 30.4 Å². The van der Waals surface area contributed by atoms with Crippen LogP contribution in [0.25, 0.3) is 0 Å². The lowest BCUT2D eigenvalue weighted by molar-refractivity contribution is 0.270. The molecule has 158 valence electrons. The molecule has 0 spiro atoms. The monoisotopic (exact) mass is 409 g/mol. The van der Waals surface area contributed by atoms with Gasteiger partial charge in [0.1, 0.15) is 23.2 Å². The molecule has 0 fully saturated rings. The van der Waals surface area contributed by atoms with Gasteiger partial charge >= 0.3 is 0 Å². The van der Waals surface area contributed by atoms with Crippen LogP contribution >= 0.6 is 0 Å². The summed E-state index contributed by atoms with van der Waals surface area (Å²) in [5.74, 6) is 1.80. The van der Waals surface area contributed by atoms with Gasteiger partial charge in [0.25, 0.3) is 0 Å². The normalized spacial score (nSPS) is 11.5. The molecule has 30 heavy (non-hydrogen) atoms. The third-order valence-electron chi connectivity index (χ3n) is 4.67. The van der Waals surface area contributed by atoms with E-state index in [0.717, 1.165) is 17.1 Å². The minimum atomic E-state index is -0.00770. The van der Waals surface area contributed by atoms with Crippen molar-refractivity contribution in [2.24, 2.45) is 10.7 Å². The van der Waals surface area contributed by atoms with Crippen LogP contribution in [-0.2, 0) is 6.54 Å². The lowest BCUT2D eigenvalue weighted by Gasteiger charge is -2.14. The summed E-state index contributed by atoms with van der Waals surface area (Å²) in [6.45, 7) is 6.79. The zero-order valence-corrected chi connectivity index (χ0v) is 17.3. The van der Waals surface area contributed by atoms with E-state index in [2.05, 4.69) is 25.7 Å². The number of pyridine rings is 1. The van der Waals surface area contributed by atoms with E-state index >= 15 is 0 Å². The summed E-state index contributed by atoms with van der Waals surface area (Å²) in [5, 5.41) is 29.8. The SMILES string of the molecule is CCNc1cc(Nc2ccnn2CCO)ncc1C(N)=Nc1c(C)ccc(O)c1C. The van der Waals surface area contributed by atoms with Gasteiger partial charge in [-0.3, -0.25) is 0 Å². The highest BCUT2D eigenvalue weighted by Crippen LogP contribution is 2.31.